The van der Waals surface area contributed by atoms with Crippen LogP contribution >= 0.6 is 0 Å². The Morgan fingerprint density at radius 1 is 0.941 bits per heavy atom. The number of halogens is 5. The molecule has 1 aliphatic heterocycles. The van der Waals surface area contributed by atoms with E-state index in [1.54, 1.807) is 0 Å². The third kappa shape index (κ3) is 8.01. The second-order valence-corrected chi connectivity index (χ2v) is 17.6. The molecule has 1 saturated heterocycles. The van der Waals surface area contributed by atoms with Crippen LogP contribution in [0.2, 0.25) is 5.04 Å². The second kappa shape index (κ2) is 15.2. The van der Waals surface area contributed by atoms with Crippen molar-refractivity contribution in [3.05, 3.63) is 90.2 Å². The molecule has 15 heteroatoms. The van der Waals surface area contributed by atoms with Crippen LogP contribution in [-0.4, -0.2) is 79.0 Å². The van der Waals surface area contributed by atoms with E-state index in [0.717, 1.165) is 40.6 Å². The Labute approximate surface area is 293 Å². The van der Waals surface area contributed by atoms with Crippen LogP contribution in [0.5, 0.6) is 0 Å². The minimum Gasteiger partial charge on any atom is -0.463 e. The molecule has 9 nitrogen and oxygen atoms in total. The molecular formula is C36H40F5N3O6Si. The van der Waals surface area contributed by atoms with Gasteiger partial charge in [-0.25, -0.2) is 19.1 Å². The minimum absolute atomic E-state index is 0.0771. The third-order valence-corrected chi connectivity index (χ3v) is 13.9. The van der Waals surface area contributed by atoms with Crippen LogP contribution in [0.1, 0.15) is 36.9 Å². The largest absolute Gasteiger partial charge is 0.463 e. The lowest BCUT2D eigenvalue weighted by atomic mass is 10.1. The zero-order valence-electron chi connectivity index (χ0n) is 28.6. The van der Waals surface area contributed by atoms with Crippen molar-refractivity contribution in [2.75, 3.05) is 51.5 Å². The zero-order valence-corrected chi connectivity index (χ0v) is 29.6. The van der Waals surface area contributed by atoms with E-state index in [4.69, 9.17) is 28.6 Å². The normalized spacial score (nSPS) is 17.4. The van der Waals surface area contributed by atoms with E-state index in [1.807, 2.05) is 60.7 Å². The third-order valence-electron chi connectivity index (χ3n) is 8.90. The summed E-state index contributed by atoms with van der Waals surface area (Å²) in [6, 6.07) is 22.3. The number of carbonyl (C=O) groups is 1. The summed E-state index contributed by atoms with van der Waals surface area (Å²) in [5, 5.41) is 4.78. The lowest BCUT2D eigenvalue weighted by molar-refractivity contribution is -0.216. The molecule has 51 heavy (non-hydrogen) atoms. The Hall–Kier alpha value is -4.18. The molecule has 4 aromatic rings. The summed E-state index contributed by atoms with van der Waals surface area (Å²) in [6.45, 7) is 3.95. The molecule has 5 rings (SSSR count). The zero-order chi connectivity index (χ0) is 37.0. The molecule has 0 aliphatic carbocycles. The first kappa shape index (κ1) is 38.1. The predicted molar refractivity (Wildman–Crippen MR) is 183 cm³/mol. The summed E-state index contributed by atoms with van der Waals surface area (Å²) >= 11 is 0. The Morgan fingerprint density at radius 2 is 1.57 bits per heavy atom. The number of hydrogen-bond acceptors (Lipinski definition) is 9. The van der Waals surface area contributed by atoms with Crippen LogP contribution in [0.3, 0.4) is 0 Å². The van der Waals surface area contributed by atoms with Crippen molar-refractivity contribution in [3.8, 4) is 0 Å². The van der Waals surface area contributed by atoms with E-state index < -0.39 is 63.1 Å². The second-order valence-electron chi connectivity index (χ2n) is 13.3. The topological polar surface area (TPSA) is 107 Å². The number of rotatable bonds is 13. The number of fused-ring (bicyclic) bond motifs is 1. The first-order chi connectivity index (χ1) is 24.1. The fourth-order valence-electron chi connectivity index (χ4n) is 6.47. The Morgan fingerprint density at radius 3 is 2.08 bits per heavy atom. The summed E-state index contributed by atoms with van der Waals surface area (Å²) in [6.07, 6.45) is -7.17. The van der Waals surface area contributed by atoms with Crippen LogP contribution in [0.4, 0.5) is 27.6 Å². The summed E-state index contributed by atoms with van der Waals surface area (Å²) in [7, 11) is -1.91. The number of ether oxygens (including phenoxy) is 3. The number of anilines is 1. The molecule has 2 heterocycles. The summed E-state index contributed by atoms with van der Waals surface area (Å²) < 4.78 is 102. The first-order valence-corrected chi connectivity index (χ1v) is 18.2. The number of esters is 1. The first-order valence-electron chi connectivity index (χ1n) is 16.3. The molecule has 3 aromatic carbocycles. The van der Waals surface area contributed by atoms with Gasteiger partial charge in [-0.2, -0.15) is 18.3 Å². The Bertz CT molecular complexity index is 1750. The van der Waals surface area contributed by atoms with Gasteiger partial charge in [-0.1, -0.05) is 81.4 Å². The van der Waals surface area contributed by atoms with Crippen molar-refractivity contribution in [2.24, 2.45) is 5.11 Å². The number of nitrogens with one attached hydrogen (secondary N) is 1. The summed E-state index contributed by atoms with van der Waals surface area (Å²) in [5.41, 5.74) is 5.70. The fraction of sp³-hybridized carbons (Fsp3) is 0.417. The van der Waals surface area contributed by atoms with Gasteiger partial charge in [0.2, 0.25) is 5.76 Å². The lowest BCUT2D eigenvalue weighted by Gasteiger charge is -2.44. The molecule has 1 aromatic heterocycles. The number of hydrogen-bond donors (Lipinski definition) is 1. The smallest absolute Gasteiger partial charge is 0.416 e. The van der Waals surface area contributed by atoms with Gasteiger partial charge in [-0.3, -0.25) is 0 Å². The lowest BCUT2D eigenvalue weighted by Crippen LogP contribution is -2.67. The van der Waals surface area contributed by atoms with Crippen LogP contribution in [-0.2, 0) is 24.8 Å². The van der Waals surface area contributed by atoms with Crippen molar-refractivity contribution in [1.29, 1.82) is 5.53 Å². The molecule has 0 amide bonds. The summed E-state index contributed by atoms with van der Waals surface area (Å²) in [5.74, 6) is -5.29. The van der Waals surface area contributed by atoms with E-state index in [1.165, 1.54) is 0 Å². The maximum absolute atomic E-state index is 16.1. The molecular weight excluding hydrogens is 693 g/mol. The number of benzene rings is 3. The van der Waals surface area contributed by atoms with Crippen LogP contribution in [0.25, 0.3) is 11.0 Å². The molecule has 0 saturated carbocycles. The fourth-order valence-corrected chi connectivity index (χ4v) is 11.1. The van der Waals surface area contributed by atoms with E-state index in [2.05, 4.69) is 25.9 Å². The Kier molecular flexibility index (Phi) is 11.3. The van der Waals surface area contributed by atoms with Gasteiger partial charge in [-0.15, -0.1) is 0 Å². The highest BCUT2D eigenvalue weighted by molar-refractivity contribution is 6.99. The molecule has 1 aliphatic rings. The van der Waals surface area contributed by atoms with Crippen molar-refractivity contribution >= 4 is 41.3 Å². The summed E-state index contributed by atoms with van der Waals surface area (Å²) in [4.78, 5) is 13.6. The highest BCUT2D eigenvalue weighted by atomic mass is 28.4. The maximum atomic E-state index is 16.1. The van der Waals surface area contributed by atoms with E-state index >= 15 is 8.78 Å². The molecule has 0 bridgehead atoms. The predicted octanol–water partition coefficient (Wildman–Crippen LogP) is 7.07. The molecule has 2 atom stereocenters. The quantitative estimate of drug-likeness (QED) is 0.0678. The maximum Gasteiger partial charge on any atom is 0.416 e. The Balaban J connectivity index is 1.37. The number of methoxy groups -OCH3 is 1. The van der Waals surface area contributed by atoms with Crippen LogP contribution < -0.4 is 15.3 Å². The van der Waals surface area contributed by atoms with Crippen molar-refractivity contribution in [2.45, 2.75) is 50.1 Å². The van der Waals surface area contributed by atoms with Gasteiger partial charge < -0.3 is 28.0 Å². The van der Waals surface area contributed by atoms with Crippen LogP contribution in [0, 0.1) is 5.53 Å². The highest BCUT2D eigenvalue weighted by Crippen LogP contribution is 2.41. The molecule has 2 unspecified atom stereocenters. The number of nitrogens with zero attached hydrogens (tertiary/aromatic N) is 2. The number of alkyl halides is 5. The van der Waals surface area contributed by atoms with E-state index in [9.17, 15) is 18.0 Å². The van der Waals surface area contributed by atoms with E-state index in [0.29, 0.717) is 0 Å². The minimum atomic E-state index is -4.76. The standard InChI is InChI=1S/C36H40F5N3O6Si/c1-34(2,3)51(26-11-7-5-8-12-26,27-13-9-6-10-14-27)49-21-25-20-48-30(22-47-25)35(37,38)23-44(18-17-43-42)31-28-19-24(36(39,40)41)15-16-29(28)50-32(31)33(45)46-4/h5-16,19,25,30,42H,17-18,20-23H2,1-4H3. The monoisotopic (exact) mass is 733 g/mol. The van der Waals surface area contributed by atoms with Crippen LogP contribution in [0.15, 0.2) is 88.4 Å². The van der Waals surface area contributed by atoms with Gasteiger partial charge in [-0.05, 0) is 33.6 Å². The SMILES string of the molecule is COC(=O)c1oc2ccc(C(F)(F)F)cc2c1N(CCN=N)CC(F)(F)C1COC(CO[Si](c2ccccc2)(c2ccccc2)C(C)(C)C)CO1. The van der Waals surface area contributed by atoms with Gasteiger partial charge in [0, 0.05) is 11.9 Å². The van der Waals surface area contributed by atoms with Gasteiger partial charge in [0.1, 0.15) is 17.8 Å². The molecule has 0 spiro atoms. The number of furan rings is 1. The van der Waals surface area contributed by atoms with E-state index in [-0.39, 0.29) is 48.0 Å². The average molecular weight is 734 g/mol. The number of carbonyl (C=O) groups excluding carboxylic acids is 1. The van der Waals surface area contributed by atoms with Gasteiger partial charge in [0.05, 0.1) is 51.3 Å². The molecule has 1 fully saturated rings. The highest BCUT2D eigenvalue weighted by Gasteiger charge is 2.51. The molecule has 274 valence electrons. The van der Waals surface area contributed by atoms with Gasteiger partial charge >= 0.3 is 12.1 Å². The van der Waals surface area contributed by atoms with Gasteiger partial charge in [0.25, 0.3) is 14.2 Å². The van der Waals surface area contributed by atoms with Crippen molar-refractivity contribution in [3.63, 3.8) is 0 Å². The van der Waals surface area contributed by atoms with Crippen molar-refractivity contribution in [1.82, 2.24) is 0 Å². The molecule has 0 radical (unpaired) electrons. The average Bonchev–Trinajstić information content (AvgIpc) is 3.49. The van der Waals surface area contributed by atoms with Crippen molar-refractivity contribution < 1.29 is 49.8 Å². The molecule has 1 N–H and O–H groups in total. The van der Waals surface area contributed by atoms with Gasteiger partial charge in [0.15, 0.2) is 0 Å².